The van der Waals surface area contributed by atoms with Crippen molar-refractivity contribution in [2.24, 2.45) is 0 Å². The van der Waals surface area contributed by atoms with Crippen LogP contribution in [0, 0.1) is 34.6 Å². The summed E-state index contributed by atoms with van der Waals surface area (Å²) in [5.41, 5.74) is 9.12. The van der Waals surface area contributed by atoms with E-state index in [-0.39, 0.29) is 12.8 Å². The highest BCUT2D eigenvalue weighted by Gasteiger charge is 2.54. The number of piperazine rings is 1. The first-order valence-electron chi connectivity index (χ1n) is 10.6. The highest BCUT2D eigenvalue weighted by molar-refractivity contribution is 7.91. The van der Waals surface area contributed by atoms with Gasteiger partial charge in [0.05, 0.1) is 0 Å². The molecule has 1 aromatic rings. The number of carbonyl (C=O) groups is 1. The SMILES string of the molecule is Cc1c(C)c(C)c(N2CCN(S(=O)(=O)C3(C(=O)NO)CCNCC3)CC2)c(C)c1C. The minimum Gasteiger partial charge on any atom is -0.368 e. The summed E-state index contributed by atoms with van der Waals surface area (Å²) in [6.07, 6.45) is 0.299. The molecule has 9 heteroatoms. The van der Waals surface area contributed by atoms with Crippen LogP contribution in [0.4, 0.5) is 5.69 Å². The van der Waals surface area contributed by atoms with E-state index >= 15 is 0 Å². The molecular weight excluding hydrogens is 404 g/mol. The number of sulfonamides is 1. The fourth-order valence-electron chi connectivity index (χ4n) is 4.89. The van der Waals surface area contributed by atoms with Gasteiger partial charge in [-0.25, -0.2) is 13.9 Å². The van der Waals surface area contributed by atoms with Crippen molar-refractivity contribution in [2.45, 2.75) is 52.2 Å². The monoisotopic (exact) mass is 438 g/mol. The summed E-state index contributed by atoms with van der Waals surface area (Å²) in [5, 5.41) is 12.3. The second-order valence-corrected chi connectivity index (χ2v) is 10.8. The van der Waals surface area contributed by atoms with Crippen molar-refractivity contribution in [1.82, 2.24) is 15.1 Å². The van der Waals surface area contributed by atoms with Crippen LogP contribution in [0.25, 0.3) is 0 Å². The number of hydroxylamine groups is 1. The van der Waals surface area contributed by atoms with Crippen LogP contribution in [0.1, 0.15) is 40.7 Å². The lowest BCUT2D eigenvalue weighted by Gasteiger charge is -2.43. The minimum absolute atomic E-state index is 0.149. The molecule has 2 heterocycles. The lowest BCUT2D eigenvalue weighted by Crippen LogP contribution is -2.63. The third-order valence-corrected chi connectivity index (χ3v) is 9.90. The molecule has 30 heavy (non-hydrogen) atoms. The quantitative estimate of drug-likeness (QED) is 0.484. The van der Waals surface area contributed by atoms with E-state index in [1.807, 2.05) is 0 Å². The Labute approximate surface area is 179 Å². The van der Waals surface area contributed by atoms with Gasteiger partial charge in [-0.05, 0) is 88.4 Å². The van der Waals surface area contributed by atoms with E-state index in [4.69, 9.17) is 0 Å². The first-order chi connectivity index (χ1) is 14.1. The molecule has 0 unspecified atom stereocenters. The maximum atomic E-state index is 13.5. The van der Waals surface area contributed by atoms with Gasteiger partial charge >= 0.3 is 0 Å². The van der Waals surface area contributed by atoms with Crippen LogP contribution in [-0.2, 0) is 14.8 Å². The number of amides is 1. The average molecular weight is 439 g/mol. The molecule has 3 rings (SSSR count). The standard InChI is InChI=1S/C21H34N4O4S/c1-14-15(2)17(4)19(18(5)16(14)3)24-10-12-25(13-11-24)30(28,29)21(20(26)23-27)6-8-22-9-7-21/h22,27H,6-13H2,1-5H3,(H,23,26). The molecule has 2 aliphatic rings. The van der Waals surface area contributed by atoms with Gasteiger partial charge in [-0.15, -0.1) is 0 Å². The Morgan fingerprint density at radius 1 is 0.900 bits per heavy atom. The third kappa shape index (κ3) is 3.51. The van der Waals surface area contributed by atoms with E-state index in [0.717, 1.165) is 0 Å². The van der Waals surface area contributed by atoms with Gasteiger partial charge in [0.25, 0.3) is 5.91 Å². The average Bonchev–Trinajstić information content (AvgIpc) is 2.76. The lowest BCUT2D eigenvalue weighted by molar-refractivity contribution is -0.132. The summed E-state index contributed by atoms with van der Waals surface area (Å²) in [6.45, 7) is 13.3. The molecule has 2 fully saturated rings. The first-order valence-corrected chi connectivity index (χ1v) is 12.0. The second kappa shape index (κ2) is 8.45. The molecule has 0 radical (unpaired) electrons. The van der Waals surface area contributed by atoms with Gasteiger partial charge in [0, 0.05) is 31.9 Å². The Morgan fingerprint density at radius 2 is 1.37 bits per heavy atom. The molecule has 8 nitrogen and oxygen atoms in total. The summed E-state index contributed by atoms with van der Waals surface area (Å²) in [6, 6.07) is 0. The summed E-state index contributed by atoms with van der Waals surface area (Å²) in [5.74, 6) is -0.831. The molecule has 0 spiro atoms. The molecule has 2 aliphatic heterocycles. The molecule has 0 atom stereocenters. The highest BCUT2D eigenvalue weighted by atomic mass is 32.2. The van der Waals surface area contributed by atoms with Gasteiger partial charge < -0.3 is 10.2 Å². The predicted octanol–water partition coefficient (Wildman–Crippen LogP) is 1.31. The number of rotatable bonds is 4. The third-order valence-electron chi connectivity index (χ3n) is 7.28. The molecule has 3 N–H and O–H groups in total. The summed E-state index contributed by atoms with van der Waals surface area (Å²) >= 11 is 0. The number of hydrogen-bond acceptors (Lipinski definition) is 6. The van der Waals surface area contributed by atoms with Crippen molar-refractivity contribution in [3.8, 4) is 0 Å². The molecular formula is C21H34N4O4S. The molecule has 0 bridgehead atoms. The number of anilines is 1. The Morgan fingerprint density at radius 3 is 1.83 bits per heavy atom. The van der Waals surface area contributed by atoms with Crippen LogP contribution in [-0.4, -0.2) is 67.9 Å². The summed E-state index contributed by atoms with van der Waals surface area (Å²) in [7, 11) is -3.91. The normalized spacial score (nSPS) is 20.3. The van der Waals surface area contributed by atoms with E-state index in [1.54, 1.807) is 5.48 Å². The summed E-state index contributed by atoms with van der Waals surface area (Å²) in [4.78, 5) is 14.7. The van der Waals surface area contributed by atoms with E-state index < -0.39 is 20.7 Å². The molecule has 1 aromatic carbocycles. The van der Waals surface area contributed by atoms with Crippen LogP contribution in [0.15, 0.2) is 0 Å². The van der Waals surface area contributed by atoms with Gasteiger partial charge in [0.1, 0.15) is 0 Å². The van der Waals surface area contributed by atoms with E-state index in [2.05, 4.69) is 44.8 Å². The zero-order valence-corrected chi connectivity index (χ0v) is 19.4. The van der Waals surface area contributed by atoms with Crippen LogP contribution >= 0.6 is 0 Å². The number of benzene rings is 1. The van der Waals surface area contributed by atoms with Crippen LogP contribution in [0.2, 0.25) is 0 Å². The second-order valence-electron chi connectivity index (χ2n) is 8.55. The van der Waals surface area contributed by atoms with Crippen LogP contribution in [0.3, 0.4) is 0 Å². The van der Waals surface area contributed by atoms with Gasteiger partial charge in [-0.2, -0.15) is 4.31 Å². The van der Waals surface area contributed by atoms with Gasteiger partial charge in [0.15, 0.2) is 4.75 Å². The smallest absolute Gasteiger partial charge is 0.266 e. The molecule has 168 valence electrons. The van der Waals surface area contributed by atoms with Crippen molar-refractivity contribution in [2.75, 3.05) is 44.2 Å². The zero-order valence-electron chi connectivity index (χ0n) is 18.6. The Bertz CT molecular complexity index is 902. The molecule has 0 saturated carbocycles. The molecule has 0 aliphatic carbocycles. The van der Waals surface area contributed by atoms with E-state index in [1.165, 1.54) is 37.8 Å². The highest BCUT2D eigenvalue weighted by Crippen LogP contribution is 2.36. The van der Waals surface area contributed by atoms with Crippen molar-refractivity contribution in [3.05, 3.63) is 27.8 Å². The topological polar surface area (TPSA) is 102 Å². The van der Waals surface area contributed by atoms with E-state index in [0.29, 0.717) is 39.3 Å². The molecule has 2 saturated heterocycles. The Kier molecular flexibility index (Phi) is 6.48. The van der Waals surface area contributed by atoms with Crippen LogP contribution < -0.4 is 15.7 Å². The van der Waals surface area contributed by atoms with Crippen molar-refractivity contribution < 1.29 is 18.4 Å². The Hall–Kier alpha value is -1.68. The Balaban J connectivity index is 1.86. The number of nitrogens with zero attached hydrogens (tertiary/aromatic N) is 2. The van der Waals surface area contributed by atoms with Gasteiger partial charge in [0.2, 0.25) is 10.0 Å². The number of carbonyl (C=O) groups excluding carboxylic acids is 1. The van der Waals surface area contributed by atoms with Crippen molar-refractivity contribution >= 4 is 21.6 Å². The maximum Gasteiger partial charge on any atom is 0.266 e. The van der Waals surface area contributed by atoms with Crippen molar-refractivity contribution in [3.63, 3.8) is 0 Å². The first kappa shape index (κ1) is 23.0. The zero-order chi connectivity index (χ0) is 22.3. The predicted molar refractivity (Wildman–Crippen MR) is 118 cm³/mol. The van der Waals surface area contributed by atoms with Gasteiger partial charge in [-0.3, -0.25) is 10.0 Å². The summed E-state index contributed by atoms with van der Waals surface area (Å²) < 4.78 is 26.8. The fourth-order valence-corrected chi connectivity index (χ4v) is 7.03. The number of nitrogens with one attached hydrogen (secondary N) is 2. The number of piperidine rings is 1. The van der Waals surface area contributed by atoms with E-state index in [9.17, 15) is 18.4 Å². The molecule has 1 amide bonds. The molecule has 0 aromatic heterocycles. The van der Waals surface area contributed by atoms with Crippen molar-refractivity contribution in [1.29, 1.82) is 0 Å². The lowest BCUT2D eigenvalue weighted by atomic mass is 9.92. The van der Waals surface area contributed by atoms with Gasteiger partial charge in [-0.1, -0.05) is 0 Å². The largest absolute Gasteiger partial charge is 0.368 e. The number of hydrogen-bond donors (Lipinski definition) is 3. The fraction of sp³-hybridized carbons (Fsp3) is 0.667. The maximum absolute atomic E-state index is 13.5. The minimum atomic E-state index is -3.91. The van der Waals surface area contributed by atoms with Crippen LogP contribution in [0.5, 0.6) is 0 Å².